The molecule has 0 spiro atoms. The summed E-state index contributed by atoms with van der Waals surface area (Å²) in [4.78, 5) is 29.6. The largest absolute Gasteiger partial charge is 0.497 e. The number of thioether (sulfide) groups is 1. The Bertz CT molecular complexity index is 910. The molecule has 1 aromatic heterocycles. The molecule has 0 saturated carbocycles. The average molecular weight is 405 g/mol. The number of carbonyl (C=O) groups is 2. The van der Waals surface area contributed by atoms with E-state index in [0.29, 0.717) is 27.9 Å². The lowest BCUT2D eigenvalue weighted by Crippen LogP contribution is -2.24. The molecule has 2 aromatic rings. The normalized spacial score (nSPS) is 15.2. The van der Waals surface area contributed by atoms with Gasteiger partial charge in [-0.2, -0.15) is 4.98 Å². The first-order valence-electron chi connectivity index (χ1n) is 8.42. The van der Waals surface area contributed by atoms with Crippen LogP contribution in [0.2, 0.25) is 0 Å². The van der Waals surface area contributed by atoms with E-state index < -0.39 is 5.97 Å². The zero-order chi connectivity index (χ0) is 20.1. The van der Waals surface area contributed by atoms with Crippen molar-refractivity contribution in [3.63, 3.8) is 0 Å². The zero-order valence-electron chi connectivity index (χ0n) is 15.6. The Morgan fingerprint density at radius 1 is 1.36 bits per heavy atom. The summed E-state index contributed by atoms with van der Waals surface area (Å²) in [6.45, 7) is 2.04. The lowest BCUT2D eigenvalue weighted by Gasteiger charge is -2.14. The monoisotopic (exact) mass is 405 g/mol. The number of aromatic nitrogens is 2. The number of hydrogen-bond donors (Lipinski definition) is 0. The highest BCUT2D eigenvalue weighted by molar-refractivity contribution is 8.04. The smallest absolute Gasteiger partial charge is 0.333 e. The highest BCUT2D eigenvalue weighted by Gasteiger charge is 2.29. The van der Waals surface area contributed by atoms with E-state index in [0.717, 1.165) is 0 Å². The fourth-order valence-corrected chi connectivity index (χ4v) is 3.46. The number of methoxy groups -OCH3 is 2. The van der Waals surface area contributed by atoms with Gasteiger partial charge < -0.3 is 18.7 Å². The van der Waals surface area contributed by atoms with Crippen molar-refractivity contribution in [2.45, 2.75) is 13.5 Å². The van der Waals surface area contributed by atoms with E-state index >= 15 is 0 Å². The van der Waals surface area contributed by atoms with E-state index in [9.17, 15) is 9.59 Å². The second-order valence-electron chi connectivity index (χ2n) is 5.58. The van der Waals surface area contributed by atoms with Crippen LogP contribution < -0.4 is 9.47 Å². The van der Waals surface area contributed by atoms with Crippen LogP contribution in [-0.2, 0) is 20.9 Å². The standard InChI is InChI=1S/C18H19N3O6S/c1-4-26-17(23)8-16-21(15(22)10-28-16)9-14-19-18(20-27-14)12-6-5-11(24-2)7-13(12)25-3/h5-8H,4,9-10H2,1-3H3/b16-8-. The van der Waals surface area contributed by atoms with Crippen LogP contribution >= 0.6 is 11.8 Å². The second kappa shape index (κ2) is 8.79. The van der Waals surface area contributed by atoms with Crippen molar-refractivity contribution in [2.24, 2.45) is 0 Å². The van der Waals surface area contributed by atoms with Crippen molar-refractivity contribution in [3.05, 3.63) is 35.2 Å². The molecule has 1 amide bonds. The highest BCUT2D eigenvalue weighted by atomic mass is 32.2. The Labute approximate surface area is 165 Å². The van der Waals surface area contributed by atoms with Crippen LogP contribution in [0.1, 0.15) is 12.8 Å². The Kier molecular flexibility index (Phi) is 6.19. The van der Waals surface area contributed by atoms with Gasteiger partial charge in [0.05, 0.1) is 43.2 Å². The molecule has 9 nitrogen and oxygen atoms in total. The summed E-state index contributed by atoms with van der Waals surface area (Å²) in [6, 6.07) is 5.23. The van der Waals surface area contributed by atoms with Crippen molar-refractivity contribution in [2.75, 3.05) is 26.6 Å². The van der Waals surface area contributed by atoms with E-state index in [-0.39, 0.29) is 30.7 Å². The van der Waals surface area contributed by atoms with Crippen molar-refractivity contribution in [1.82, 2.24) is 15.0 Å². The fourth-order valence-electron chi connectivity index (χ4n) is 2.53. The summed E-state index contributed by atoms with van der Waals surface area (Å²) in [6.07, 6.45) is 1.29. The van der Waals surface area contributed by atoms with Gasteiger partial charge in [-0.25, -0.2) is 4.79 Å². The van der Waals surface area contributed by atoms with Gasteiger partial charge in [0.2, 0.25) is 17.6 Å². The van der Waals surface area contributed by atoms with Gasteiger partial charge in [-0.1, -0.05) is 16.9 Å². The average Bonchev–Trinajstić information content (AvgIpc) is 3.30. The third-order valence-electron chi connectivity index (χ3n) is 3.85. The molecular weight excluding hydrogens is 386 g/mol. The molecule has 0 bridgehead atoms. The summed E-state index contributed by atoms with van der Waals surface area (Å²) in [5, 5.41) is 4.46. The quantitative estimate of drug-likeness (QED) is 0.506. The first-order chi connectivity index (χ1) is 13.5. The summed E-state index contributed by atoms with van der Waals surface area (Å²) in [7, 11) is 3.10. The van der Waals surface area contributed by atoms with Crippen LogP contribution in [0.5, 0.6) is 11.5 Å². The predicted molar refractivity (Wildman–Crippen MR) is 101 cm³/mol. The SMILES string of the molecule is CCOC(=O)/C=C1\SCC(=O)N1Cc1nc(-c2ccc(OC)cc2OC)no1. The molecule has 1 fully saturated rings. The summed E-state index contributed by atoms with van der Waals surface area (Å²) < 4.78 is 20.7. The predicted octanol–water partition coefficient (Wildman–Crippen LogP) is 2.23. The van der Waals surface area contributed by atoms with Crippen LogP contribution in [0, 0.1) is 0 Å². The minimum atomic E-state index is -0.501. The second-order valence-corrected chi connectivity index (χ2v) is 6.58. The number of benzene rings is 1. The molecule has 1 aliphatic rings. The van der Waals surface area contributed by atoms with E-state index in [1.807, 2.05) is 0 Å². The van der Waals surface area contributed by atoms with Crippen LogP contribution in [0.4, 0.5) is 0 Å². The van der Waals surface area contributed by atoms with Gasteiger partial charge in [-0.15, -0.1) is 0 Å². The minimum absolute atomic E-state index is 0.0581. The van der Waals surface area contributed by atoms with E-state index in [1.165, 1.54) is 29.8 Å². The molecule has 0 atom stereocenters. The first kappa shape index (κ1) is 19.7. The van der Waals surface area contributed by atoms with Gasteiger partial charge in [0.15, 0.2) is 0 Å². The first-order valence-corrected chi connectivity index (χ1v) is 9.40. The molecule has 1 aliphatic heterocycles. The zero-order valence-corrected chi connectivity index (χ0v) is 16.4. The molecule has 3 rings (SSSR count). The lowest BCUT2D eigenvalue weighted by molar-refractivity contribution is -0.137. The molecule has 0 N–H and O–H groups in total. The van der Waals surface area contributed by atoms with Gasteiger partial charge >= 0.3 is 5.97 Å². The summed E-state index contributed by atoms with van der Waals surface area (Å²) >= 11 is 1.26. The van der Waals surface area contributed by atoms with Gasteiger partial charge in [0.25, 0.3) is 0 Å². The fraction of sp³-hybridized carbons (Fsp3) is 0.333. The number of ether oxygens (including phenoxy) is 3. The van der Waals surface area contributed by atoms with E-state index in [4.69, 9.17) is 18.7 Å². The van der Waals surface area contributed by atoms with Crippen molar-refractivity contribution >= 4 is 23.6 Å². The third-order valence-corrected chi connectivity index (χ3v) is 4.87. The maximum atomic E-state index is 12.2. The lowest BCUT2D eigenvalue weighted by atomic mass is 10.2. The van der Waals surface area contributed by atoms with Gasteiger partial charge in [-0.05, 0) is 19.1 Å². The van der Waals surface area contributed by atoms with Crippen LogP contribution in [0.25, 0.3) is 11.4 Å². The Morgan fingerprint density at radius 3 is 2.89 bits per heavy atom. The molecule has 0 aliphatic carbocycles. The molecule has 10 heteroatoms. The van der Waals surface area contributed by atoms with Crippen LogP contribution in [0.3, 0.4) is 0 Å². The van der Waals surface area contributed by atoms with Crippen molar-refractivity contribution in [3.8, 4) is 22.9 Å². The minimum Gasteiger partial charge on any atom is -0.497 e. The molecule has 0 radical (unpaired) electrons. The number of rotatable bonds is 7. The molecule has 148 valence electrons. The highest BCUT2D eigenvalue weighted by Crippen LogP contribution is 2.33. The van der Waals surface area contributed by atoms with Crippen LogP contribution in [0.15, 0.2) is 33.8 Å². The number of esters is 1. The van der Waals surface area contributed by atoms with E-state index in [1.54, 1.807) is 32.2 Å². The van der Waals surface area contributed by atoms with Gasteiger partial charge in [-0.3, -0.25) is 9.69 Å². The Morgan fingerprint density at radius 2 is 2.18 bits per heavy atom. The van der Waals surface area contributed by atoms with E-state index in [2.05, 4.69) is 10.1 Å². The maximum absolute atomic E-state index is 12.2. The Balaban J connectivity index is 1.80. The number of nitrogens with zero attached hydrogens (tertiary/aromatic N) is 3. The van der Waals surface area contributed by atoms with Crippen molar-refractivity contribution in [1.29, 1.82) is 0 Å². The number of amides is 1. The maximum Gasteiger partial charge on any atom is 0.333 e. The third kappa shape index (κ3) is 4.28. The topological polar surface area (TPSA) is 104 Å². The Hall–Kier alpha value is -3.01. The van der Waals surface area contributed by atoms with Crippen molar-refractivity contribution < 1.29 is 28.3 Å². The molecule has 2 heterocycles. The van der Waals surface area contributed by atoms with Crippen LogP contribution in [-0.4, -0.2) is 53.5 Å². The molecule has 28 heavy (non-hydrogen) atoms. The van der Waals surface area contributed by atoms with Gasteiger partial charge in [0.1, 0.15) is 18.0 Å². The molecule has 1 aromatic carbocycles. The number of hydrogen-bond acceptors (Lipinski definition) is 9. The number of carbonyl (C=O) groups excluding carboxylic acids is 2. The van der Waals surface area contributed by atoms with Gasteiger partial charge in [0, 0.05) is 6.07 Å². The summed E-state index contributed by atoms with van der Waals surface area (Å²) in [5.74, 6) is 1.31. The summed E-state index contributed by atoms with van der Waals surface area (Å²) in [5.41, 5.74) is 0.628. The molecule has 0 unspecified atom stereocenters. The molecule has 1 saturated heterocycles. The molecular formula is C18H19N3O6S.